The van der Waals surface area contributed by atoms with Gasteiger partial charge in [0, 0.05) is 18.3 Å². The molecular formula is C26H33N3O4. The topological polar surface area (TPSA) is 74.6 Å². The van der Waals surface area contributed by atoms with E-state index in [1.54, 1.807) is 12.1 Å². The zero-order chi connectivity index (χ0) is 23.6. The average Bonchev–Trinajstić information content (AvgIpc) is 3.20. The fourth-order valence-corrected chi connectivity index (χ4v) is 3.56. The SMILES string of the molecule is CCOc1cc(C(=O)NCCCc2cn(-c3ccccc3)nc2C)cc(OCC)c1OCC. The van der Waals surface area contributed by atoms with E-state index in [4.69, 9.17) is 14.2 Å². The van der Waals surface area contributed by atoms with Crippen LogP contribution in [0, 0.1) is 6.92 Å². The van der Waals surface area contributed by atoms with E-state index in [1.165, 1.54) is 5.56 Å². The van der Waals surface area contributed by atoms with Gasteiger partial charge in [-0.25, -0.2) is 4.68 Å². The minimum absolute atomic E-state index is 0.170. The fourth-order valence-electron chi connectivity index (χ4n) is 3.56. The molecule has 1 heterocycles. The molecule has 1 N–H and O–H groups in total. The highest BCUT2D eigenvalue weighted by atomic mass is 16.5. The first-order valence-electron chi connectivity index (χ1n) is 11.5. The minimum atomic E-state index is -0.170. The van der Waals surface area contributed by atoms with Crippen LogP contribution in [-0.4, -0.2) is 42.1 Å². The first-order chi connectivity index (χ1) is 16.1. The Morgan fingerprint density at radius 1 is 0.970 bits per heavy atom. The third-order valence-corrected chi connectivity index (χ3v) is 5.10. The standard InChI is InChI=1S/C26H33N3O4/c1-5-31-23-16-21(17-24(32-6-2)25(23)33-7-3)26(30)27-15-11-12-20-18-29(28-19(20)4)22-13-9-8-10-14-22/h8-10,13-14,16-18H,5-7,11-12,15H2,1-4H3,(H,27,30). The molecule has 1 amide bonds. The summed E-state index contributed by atoms with van der Waals surface area (Å²) >= 11 is 0. The van der Waals surface area contributed by atoms with Crippen LogP contribution in [0.4, 0.5) is 0 Å². The van der Waals surface area contributed by atoms with E-state index >= 15 is 0 Å². The number of hydrogen-bond donors (Lipinski definition) is 1. The Bertz CT molecular complexity index is 1020. The van der Waals surface area contributed by atoms with E-state index in [9.17, 15) is 4.79 Å². The number of amides is 1. The van der Waals surface area contributed by atoms with Crippen molar-refractivity contribution in [2.45, 2.75) is 40.5 Å². The van der Waals surface area contributed by atoms with Crippen molar-refractivity contribution in [3.05, 3.63) is 65.5 Å². The molecule has 0 atom stereocenters. The van der Waals surface area contributed by atoms with Crippen LogP contribution in [0.1, 0.15) is 48.8 Å². The van der Waals surface area contributed by atoms with Crippen LogP contribution in [-0.2, 0) is 6.42 Å². The molecule has 0 aliphatic rings. The van der Waals surface area contributed by atoms with Crippen LogP contribution in [0.5, 0.6) is 17.2 Å². The number of carbonyl (C=O) groups excluding carboxylic acids is 1. The number of ether oxygens (including phenoxy) is 3. The van der Waals surface area contributed by atoms with Gasteiger partial charge in [0.15, 0.2) is 11.5 Å². The van der Waals surface area contributed by atoms with Crippen LogP contribution in [0.3, 0.4) is 0 Å². The van der Waals surface area contributed by atoms with Crippen molar-refractivity contribution in [2.75, 3.05) is 26.4 Å². The zero-order valence-electron chi connectivity index (χ0n) is 19.9. The molecular weight excluding hydrogens is 418 g/mol. The molecule has 1 aromatic heterocycles. The molecule has 0 radical (unpaired) electrons. The molecule has 0 spiro atoms. The molecule has 0 saturated carbocycles. The Kier molecular flexibility index (Phi) is 8.75. The summed E-state index contributed by atoms with van der Waals surface area (Å²) in [6.45, 7) is 9.66. The molecule has 3 aromatic rings. The van der Waals surface area contributed by atoms with Gasteiger partial charge in [-0.1, -0.05) is 18.2 Å². The van der Waals surface area contributed by atoms with Gasteiger partial charge in [0.1, 0.15) is 0 Å². The van der Waals surface area contributed by atoms with E-state index in [0.717, 1.165) is 24.2 Å². The van der Waals surface area contributed by atoms with Crippen molar-refractivity contribution in [3.63, 3.8) is 0 Å². The lowest BCUT2D eigenvalue weighted by atomic mass is 10.1. The Morgan fingerprint density at radius 2 is 1.61 bits per heavy atom. The van der Waals surface area contributed by atoms with Crippen molar-refractivity contribution in [1.82, 2.24) is 15.1 Å². The second-order valence-corrected chi connectivity index (χ2v) is 7.48. The summed E-state index contributed by atoms with van der Waals surface area (Å²) in [4.78, 5) is 12.8. The number of hydrogen-bond acceptors (Lipinski definition) is 5. The maximum absolute atomic E-state index is 12.8. The Labute approximate surface area is 195 Å². The van der Waals surface area contributed by atoms with Crippen LogP contribution in [0.15, 0.2) is 48.7 Å². The van der Waals surface area contributed by atoms with Crippen LogP contribution in [0.2, 0.25) is 0 Å². The van der Waals surface area contributed by atoms with Crippen molar-refractivity contribution in [2.24, 2.45) is 0 Å². The highest BCUT2D eigenvalue weighted by Crippen LogP contribution is 2.39. The van der Waals surface area contributed by atoms with E-state index in [1.807, 2.05) is 62.7 Å². The molecule has 7 nitrogen and oxygen atoms in total. The lowest BCUT2D eigenvalue weighted by Crippen LogP contribution is -2.25. The lowest BCUT2D eigenvalue weighted by molar-refractivity contribution is 0.0952. The average molecular weight is 452 g/mol. The molecule has 0 bridgehead atoms. The highest BCUT2D eigenvalue weighted by molar-refractivity contribution is 5.95. The van der Waals surface area contributed by atoms with Gasteiger partial charge >= 0.3 is 0 Å². The summed E-state index contributed by atoms with van der Waals surface area (Å²) in [7, 11) is 0. The molecule has 7 heteroatoms. The lowest BCUT2D eigenvalue weighted by Gasteiger charge is -2.17. The summed E-state index contributed by atoms with van der Waals surface area (Å²) in [5.41, 5.74) is 3.69. The molecule has 0 fully saturated rings. The summed E-state index contributed by atoms with van der Waals surface area (Å²) in [6, 6.07) is 13.5. The van der Waals surface area contributed by atoms with Gasteiger partial charge in [-0.15, -0.1) is 0 Å². The van der Waals surface area contributed by atoms with E-state index < -0.39 is 0 Å². The van der Waals surface area contributed by atoms with Crippen molar-refractivity contribution >= 4 is 5.91 Å². The third kappa shape index (κ3) is 6.28. The third-order valence-electron chi connectivity index (χ3n) is 5.10. The molecule has 0 aliphatic heterocycles. The largest absolute Gasteiger partial charge is 0.490 e. The monoisotopic (exact) mass is 451 g/mol. The van der Waals surface area contributed by atoms with Gasteiger partial charge in [-0.05, 0) is 70.4 Å². The number of rotatable bonds is 12. The van der Waals surface area contributed by atoms with Gasteiger partial charge in [0.05, 0.1) is 31.2 Å². The number of nitrogens with zero attached hydrogens (tertiary/aromatic N) is 2. The summed E-state index contributed by atoms with van der Waals surface area (Å²) < 4.78 is 19.0. The van der Waals surface area contributed by atoms with Crippen LogP contribution in [0.25, 0.3) is 5.69 Å². The van der Waals surface area contributed by atoms with Crippen LogP contribution >= 0.6 is 0 Å². The van der Waals surface area contributed by atoms with Gasteiger partial charge < -0.3 is 19.5 Å². The predicted molar refractivity (Wildman–Crippen MR) is 129 cm³/mol. The maximum Gasteiger partial charge on any atom is 0.251 e. The number of benzene rings is 2. The fraction of sp³-hybridized carbons (Fsp3) is 0.385. The Balaban J connectivity index is 1.62. The van der Waals surface area contributed by atoms with Crippen LogP contribution < -0.4 is 19.5 Å². The first kappa shape index (κ1) is 24.2. The summed E-state index contributed by atoms with van der Waals surface area (Å²) in [6.07, 6.45) is 3.69. The molecule has 33 heavy (non-hydrogen) atoms. The second kappa shape index (κ2) is 11.9. The quantitative estimate of drug-likeness (QED) is 0.403. The molecule has 0 aliphatic carbocycles. The smallest absolute Gasteiger partial charge is 0.251 e. The van der Waals surface area contributed by atoms with Gasteiger partial charge in [-0.3, -0.25) is 4.79 Å². The van der Waals surface area contributed by atoms with Gasteiger partial charge in [-0.2, -0.15) is 5.10 Å². The molecule has 3 rings (SSSR count). The Morgan fingerprint density at radius 3 is 2.21 bits per heavy atom. The van der Waals surface area contributed by atoms with Crippen molar-refractivity contribution < 1.29 is 19.0 Å². The normalized spacial score (nSPS) is 10.7. The molecule has 176 valence electrons. The van der Waals surface area contributed by atoms with Crippen molar-refractivity contribution in [1.29, 1.82) is 0 Å². The summed E-state index contributed by atoms with van der Waals surface area (Å²) in [5, 5.41) is 7.61. The van der Waals surface area contributed by atoms with E-state index in [-0.39, 0.29) is 5.91 Å². The zero-order valence-corrected chi connectivity index (χ0v) is 19.9. The second-order valence-electron chi connectivity index (χ2n) is 7.48. The summed E-state index contributed by atoms with van der Waals surface area (Å²) in [5.74, 6) is 1.39. The number of para-hydroxylation sites is 1. The minimum Gasteiger partial charge on any atom is -0.490 e. The number of aromatic nitrogens is 2. The maximum atomic E-state index is 12.8. The number of carbonyl (C=O) groups is 1. The first-order valence-corrected chi connectivity index (χ1v) is 11.5. The van der Waals surface area contributed by atoms with Gasteiger partial charge in [0.25, 0.3) is 5.91 Å². The van der Waals surface area contributed by atoms with Gasteiger partial charge in [0.2, 0.25) is 5.75 Å². The number of nitrogens with one attached hydrogen (secondary N) is 1. The Hall–Kier alpha value is -3.48. The van der Waals surface area contributed by atoms with E-state index in [0.29, 0.717) is 49.2 Å². The number of aryl methyl sites for hydroxylation is 2. The molecule has 0 unspecified atom stereocenters. The predicted octanol–water partition coefficient (Wildman–Crippen LogP) is 4.74. The highest BCUT2D eigenvalue weighted by Gasteiger charge is 2.18. The van der Waals surface area contributed by atoms with Crippen molar-refractivity contribution in [3.8, 4) is 22.9 Å². The van der Waals surface area contributed by atoms with E-state index in [2.05, 4.69) is 16.6 Å². The molecule has 2 aromatic carbocycles. The molecule has 0 saturated heterocycles.